The molecule has 0 saturated heterocycles. The van der Waals surface area contributed by atoms with Crippen molar-refractivity contribution in [1.29, 1.82) is 0 Å². The highest BCUT2D eigenvalue weighted by molar-refractivity contribution is 7.92. The Balaban J connectivity index is 2.94. The maximum absolute atomic E-state index is 11.6. The quantitative estimate of drug-likeness (QED) is 0.790. The van der Waals surface area contributed by atoms with Crippen molar-refractivity contribution >= 4 is 28.0 Å². The van der Waals surface area contributed by atoms with Gasteiger partial charge in [0.1, 0.15) is 5.82 Å². The monoisotopic (exact) mass is 314 g/mol. The Labute approximate surface area is 123 Å². The summed E-state index contributed by atoms with van der Waals surface area (Å²) in [5.41, 5.74) is 0. The van der Waals surface area contributed by atoms with Crippen molar-refractivity contribution in [2.75, 3.05) is 23.3 Å². The fourth-order valence-electron chi connectivity index (χ4n) is 1.47. The topological polar surface area (TPSA) is 117 Å². The third-order valence-corrected chi connectivity index (χ3v) is 3.37. The molecule has 0 aliphatic heterocycles. The first-order chi connectivity index (χ1) is 9.81. The molecule has 10 heteroatoms. The summed E-state index contributed by atoms with van der Waals surface area (Å²) in [4.78, 5) is 25.6. The lowest BCUT2D eigenvalue weighted by molar-refractivity contribution is 0.256. The molecule has 1 aromatic rings. The van der Waals surface area contributed by atoms with E-state index in [1.807, 2.05) is 18.7 Å². The number of amides is 2. The lowest BCUT2D eigenvalue weighted by atomic mass is 10.5. The normalized spacial score (nSPS) is 10.8. The standard InChI is InChI=1S/C11H18N6O3S/c1-5-17(6-2)10-13-8(4)12-9(14-10)15-11(18)16-21(19,20)7-3/h7H,3,5-6H2,1-2,4H3,(H2,12,13,14,15,16,18). The zero-order valence-electron chi connectivity index (χ0n) is 12.1. The number of urea groups is 1. The number of nitrogens with one attached hydrogen (secondary N) is 2. The van der Waals surface area contributed by atoms with Crippen LogP contribution in [0.3, 0.4) is 0 Å². The number of hydrogen-bond donors (Lipinski definition) is 2. The van der Waals surface area contributed by atoms with Crippen molar-refractivity contribution in [1.82, 2.24) is 19.7 Å². The average molecular weight is 314 g/mol. The summed E-state index contributed by atoms with van der Waals surface area (Å²) in [6.45, 7) is 10.0. The predicted molar refractivity (Wildman–Crippen MR) is 79.4 cm³/mol. The Morgan fingerprint density at radius 1 is 1.29 bits per heavy atom. The number of aryl methyl sites for hydroxylation is 1. The molecule has 9 nitrogen and oxygen atoms in total. The van der Waals surface area contributed by atoms with Crippen LogP contribution in [0.2, 0.25) is 0 Å². The van der Waals surface area contributed by atoms with Gasteiger partial charge in [-0.2, -0.15) is 15.0 Å². The van der Waals surface area contributed by atoms with E-state index in [0.29, 0.717) is 30.3 Å². The van der Waals surface area contributed by atoms with Gasteiger partial charge in [-0.25, -0.2) is 17.9 Å². The first kappa shape index (κ1) is 16.8. The molecule has 0 atom stereocenters. The van der Waals surface area contributed by atoms with Crippen LogP contribution in [-0.4, -0.2) is 42.5 Å². The van der Waals surface area contributed by atoms with Crippen LogP contribution in [-0.2, 0) is 10.0 Å². The minimum atomic E-state index is -3.86. The van der Waals surface area contributed by atoms with E-state index in [9.17, 15) is 13.2 Å². The number of sulfonamides is 1. The molecular weight excluding hydrogens is 296 g/mol. The summed E-state index contributed by atoms with van der Waals surface area (Å²) < 4.78 is 24.1. The van der Waals surface area contributed by atoms with Gasteiger partial charge in [-0.15, -0.1) is 0 Å². The Bertz CT molecular complexity index is 627. The molecule has 0 bridgehead atoms. The second-order valence-corrected chi connectivity index (χ2v) is 5.57. The molecule has 21 heavy (non-hydrogen) atoms. The number of carbonyl (C=O) groups is 1. The van der Waals surface area contributed by atoms with Crippen LogP contribution < -0.4 is 14.9 Å². The van der Waals surface area contributed by atoms with E-state index in [1.54, 1.807) is 11.6 Å². The van der Waals surface area contributed by atoms with Crippen molar-refractivity contribution in [2.24, 2.45) is 0 Å². The summed E-state index contributed by atoms with van der Waals surface area (Å²) in [5.74, 6) is 0.796. The van der Waals surface area contributed by atoms with Gasteiger partial charge < -0.3 is 4.90 Å². The third-order valence-electron chi connectivity index (χ3n) is 2.46. The molecule has 1 aromatic heterocycles. The molecular formula is C11H18N6O3S. The molecule has 0 aliphatic carbocycles. The van der Waals surface area contributed by atoms with Crippen LogP contribution >= 0.6 is 0 Å². The lowest BCUT2D eigenvalue weighted by Crippen LogP contribution is -2.34. The van der Waals surface area contributed by atoms with Gasteiger partial charge in [0, 0.05) is 18.5 Å². The van der Waals surface area contributed by atoms with Crippen LogP contribution in [0.15, 0.2) is 12.0 Å². The van der Waals surface area contributed by atoms with Crippen LogP contribution in [0.1, 0.15) is 19.7 Å². The molecule has 116 valence electrons. The number of anilines is 2. The Hall–Kier alpha value is -2.23. The molecule has 0 aromatic carbocycles. The highest BCUT2D eigenvalue weighted by atomic mass is 32.2. The molecule has 0 saturated carbocycles. The van der Waals surface area contributed by atoms with Crippen molar-refractivity contribution in [3.8, 4) is 0 Å². The van der Waals surface area contributed by atoms with Crippen LogP contribution in [0.5, 0.6) is 0 Å². The Morgan fingerprint density at radius 2 is 1.90 bits per heavy atom. The SMILES string of the molecule is C=CS(=O)(=O)NC(=O)Nc1nc(C)nc(N(CC)CC)n1. The summed E-state index contributed by atoms with van der Waals surface area (Å²) >= 11 is 0. The highest BCUT2D eigenvalue weighted by Crippen LogP contribution is 2.10. The zero-order chi connectivity index (χ0) is 16.0. The van der Waals surface area contributed by atoms with E-state index in [4.69, 9.17) is 0 Å². The number of hydrogen-bond acceptors (Lipinski definition) is 7. The fourth-order valence-corrected chi connectivity index (χ4v) is 1.86. The largest absolute Gasteiger partial charge is 0.341 e. The second-order valence-electron chi connectivity index (χ2n) is 3.95. The van der Waals surface area contributed by atoms with Gasteiger partial charge in [-0.3, -0.25) is 5.32 Å². The van der Waals surface area contributed by atoms with Gasteiger partial charge in [0.25, 0.3) is 10.0 Å². The molecule has 0 radical (unpaired) electrons. The number of aromatic nitrogens is 3. The van der Waals surface area contributed by atoms with Crippen molar-refractivity contribution < 1.29 is 13.2 Å². The van der Waals surface area contributed by atoms with Gasteiger partial charge >= 0.3 is 6.03 Å². The molecule has 0 unspecified atom stereocenters. The molecule has 0 aliphatic rings. The van der Waals surface area contributed by atoms with E-state index in [-0.39, 0.29) is 5.95 Å². The summed E-state index contributed by atoms with van der Waals surface area (Å²) in [6, 6.07) is -0.967. The van der Waals surface area contributed by atoms with Gasteiger partial charge in [-0.05, 0) is 20.8 Å². The summed E-state index contributed by atoms with van der Waals surface area (Å²) in [7, 11) is -3.86. The smallest absolute Gasteiger partial charge is 0.335 e. The van der Waals surface area contributed by atoms with Gasteiger partial charge in [0.05, 0.1) is 0 Å². The Morgan fingerprint density at radius 3 is 2.43 bits per heavy atom. The first-order valence-electron chi connectivity index (χ1n) is 6.25. The molecule has 0 fully saturated rings. The lowest BCUT2D eigenvalue weighted by Gasteiger charge is -2.19. The van der Waals surface area contributed by atoms with Gasteiger partial charge in [-0.1, -0.05) is 6.58 Å². The summed E-state index contributed by atoms with van der Waals surface area (Å²) in [6.07, 6.45) is 0. The third kappa shape index (κ3) is 4.99. The number of carbonyl (C=O) groups excluding carboxylic acids is 1. The minimum absolute atomic E-state index is 0.0267. The zero-order valence-corrected chi connectivity index (χ0v) is 12.9. The number of nitrogens with zero attached hydrogens (tertiary/aromatic N) is 4. The van der Waals surface area contributed by atoms with E-state index < -0.39 is 16.1 Å². The van der Waals surface area contributed by atoms with E-state index >= 15 is 0 Å². The highest BCUT2D eigenvalue weighted by Gasteiger charge is 2.14. The van der Waals surface area contributed by atoms with Crippen LogP contribution in [0, 0.1) is 6.92 Å². The number of rotatable bonds is 6. The molecule has 1 rings (SSSR count). The molecule has 2 amide bonds. The Kier molecular flexibility index (Phi) is 5.59. The summed E-state index contributed by atoms with van der Waals surface area (Å²) in [5, 5.41) is 2.88. The fraction of sp³-hybridized carbons (Fsp3) is 0.455. The van der Waals surface area contributed by atoms with E-state index in [0.717, 1.165) is 0 Å². The maximum atomic E-state index is 11.6. The van der Waals surface area contributed by atoms with Crippen molar-refractivity contribution in [3.05, 3.63) is 17.8 Å². The molecule has 1 heterocycles. The van der Waals surface area contributed by atoms with Crippen LogP contribution in [0.25, 0.3) is 0 Å². The second kappa shape index (κ2) is 6.97. The molecule has 0 spiro atoms. The predicted octanol–water partition coefficient (Wildman–Crippen LogP) is 0.621. The first-order valence-corrected chi connectivity index (χ1v) is 7.79. The van der Waals surface area contributed by atoms with Gasteiger partial charge in [0.2, 0.25) is 11.9 Å². The minimum Gasteiger partial charge on any atom is -0.341 e. The van der Waals surface area contributed by atoms with Crippen molar-refractivity contribution in [2.45, 2.75) is 20.8 Å². The average Bonchev–Trinajstić information content (AvgIpc) is 2.38. The van der Waals surface area contributed by atoms with Gasteiger partial charge in [0.15, 0.2) is 0 Å². The maximum Gasteiger partial charge on any atom is 0.335 e. The van der Waals surface area contributed by atoms with Crippen molar-refractivity contribution in [3.63, 3.8) is 0 Å². The van der Waals surface area contributed by atoms with Crippen LogP contribution in [0.4, 0.5) is 16.7 Å². The molecule has 2 N–H and O–H groups in total. The van der Waals surface area contributed by atoms with E-state index in [1.165, 1.54) is 0 Å². The van der Waals surface area contributed by atoms with E-state index in [2.05, 4.69) is 26.8 Å².